The van der Waals surface area contributed by atoms with E-state index in [-0.39, 0.29) is 18.1 Å². The van der Waals surface area contributed by atoms with E-state index >= 15 is 0 Å². The first-order valence-electron chi connectivity index (χ1n) is 6.57. The molecule has 6 heteroatoms. The summed E-state index contributed by atoms with van der Waals surface area (Å²) in [4.78, 5) is 11.9. The molecular formula is C14H19ClN2O3. The first kappa shape index (κ1) is 15.3. The molecule has 0 saturated carbocycles. The van der Waals surface area contributed by atoms with Gasteiger partial charge < -0.3 is 20.5 Å². The second kappa shape index (κ2) is 7.04. The Morgan fingerprint density at radius 1 is 1.55 bits per heavy atom. The van der Waals surface area contributed by atoms with E-state index in [2.05, 4.69) is 10.6 Å². The Kier molecular flexibility index (Phi) is 5.37. The molecule has 110 valence electrons. The summed E-state index contributed by atoms with van der Waals surface area (Å²) in [6, 6.07) is 7.01. The van der Waals surface area contributed by atoms with E-state index in [4.69, 9.17) is 16.3 Å². The van der Waals surface area contributed by atoms with Crippen molar-refractivity contribution in [2.75, 3.05) is 20.2 Å². The summed E-state index contributed by atoms with van der Waals surface area (Å²) in [5.41, 5.74) is 0.955. The Hall–Kier alpha value is -1.14. The van der Waals surface area contributed by atoms with Crippen molar-refractivity contribution in [2.24, 2.45) is 0 Å². The van der Waals surface area contributed by atoms with Gasteiger partial charge in [0.1, 0.15) is 0 Å². The lowest BCUT2D eigenvalue weighted by molar-refractivity contribution is -0.123. The summed E-state index contributed by atoms with van der Waals surface area (Å²) in [7, 11) is 1.60. The van der Waals surface area contributed by atoms with Gasteiger partial charge in [0.2, 0.25) is 5.91 Å². The maximum Gasteiger partial charge on any atom is 0.237 e. The molecule has 3 unspecified atom stereocenters. The smallest absolute Gasteiger partial charge is 0.237 e. The molecule has 1 amide bonds. The lowest BCUT2D eigenvalue weighted by Gasteiger charge is -2.18. The second-order valence-corrected chi connectivity index (χ2v) is 5.31. The molecular weight excluding hydrogens is 280 g/mol. The number of rotatable bonds is 5. The highest BCUT2D eigenvalue weighted by Gasteiger charge is 2.28. The fraction of sp³-hybridized carbons (Fsp3) is 0.500. The minimum Gasteiger partial charge on any atom is -0.392 e. The molecule has 1 fully saturated rings. The Bertz CT molecular complexity index is 452. The number of aliphatic hydroxyl groups is 1. The maximum absolute atomic E-state index is 11.9. The number of benzene rings is 1. The Labute approximate surface area is 123 Å². The number of hydrogen-bond donors (Lipinski definition) is 3. The molecule has 1 aliphatic heterocycles. The standard InChI is InChI=1S/C14H19ClN2O3/c1-20-13(9-2-4-10(15)5-3-9)8-17-14(19)12-6-11(18)7-16-12/h2-5,11-13,16,18H,6-8H2,1H3,(H,17,19). The zero-order chi connectivity index (χ0) is 14.5. The SMILES string of the molecule is COC(CNC(=O)C1CC(O)CN1)c1ccc(Cl)cc1. The quantitative estimate of drug-likeness (QED) is 0.754. The molecule has 1 aliphatic rings. The van der Waals surface area contributed by atoms with Crippen LogP contribution in [0.1, 0.15) is 18.1 Å². The average Bonchev–Trinajstić information content (AvgIpc) is 2.88. The van der Waals surface area contributed by atoms with Crippen LogP contribution in [0.5, 0.6) is 0 Å². The van der Waals surface area contributed by atoms with E-state index in [1.165, 1.54) is 0 Å². The van der Waals surface area contributed by atoms with Crippen molar-refractivity contribution in [1.29, 1.82) is 0 Å². The number of β-amino-alcohol motifs (C(OH)–C–C–N with tert-alkyl or cyclic N) is 1. The number of hydrogen-bond acceptors (Lipinski definition) is 4. The lowest BCUT2D eigenvalue weighted by atomic mass is 10.1. The van der Waals surface area contributed by atoms with Gasteiger partial charge in [-0.15, -0.1) is 0 Å². The molecule has 0 aromatic heterocycles. The van der Waals surface area contributed by atoms with Crippen molar-refractivity contribution in [3.63, 3.8) is 0 Å². The zero-order valence-corrected chi connectivity index (χ0v) is 12.1. The third kappa shape index (κ3) is 3.93. The molecule has 1 aromatic rings. The van der Waals surface area contributed by atoms with Gasteiger partial charge in [0.05, 0.1) is 18.2 Å². The van der Waals surface area contributed by atoms with Gasteiger partial charge in [0, 0.05) is 25.2 Å². The molecule has 0 radical (unpaired) electrons. The summed E-state index contributed by atoms with van der Waals surface area (Å²) in [5, 5.41) is 15.9. The third-order valence-corrected chi connectivity index (χ3v) is 3.66. The fourth-order valence-electron chi connectivity index (χ4n) is 2.25. The van der Waals surface area contributed by atoms with Gasteiger partial charge in [-0.1, -0.05) is 23.7 Å². The van der Waals surface area contributed by atoms with Crippen LogP contribution in [0.15, 0.2) is 24.3 Å². The number of methoxy groups -OCH3 is 1. The van der Waals surface area contributed by atoms with Crippen LogP contribution in [0.4, 0.5) is 0 Å². The summed E-state index contributed by atoms with van der Waals surface area (Å²) >= 11 is 5.84. The first-order chi connectivity index (χ1) is 9.60. The molecule has 20 heavy (non-hydrogen) atoms. The Morgan fingerprint density at radius 2 is 2.25 bits per heavy atom. The van der Waals surface area contributed by atoms with Gasteiger partial charge >= 0.3 is 0 Å². The van der Waals surface area contributed by atoms with Crippen LogP contribution in [-0.4, -0.2) is 43.4 Å². The molecule has 1 heterocycles. The minimum atomic E-state index is -0.444. The van der Waals surface area contributed by atoms with Crippen molar-refractivity contribution in [2.45, 2.75) is 24.7 Å². The summed E-state index contributed by atoms with van der Waals surface area (Å²) in [5.74, 6) is -0.113. The predicted molar refractivity (Wildman–Crippen MR) is 76.6 cm³/mol. The van der Waals surface area contributed by atoms with Crippen molar-refractivity contribution >= 4 is 17.5 Å². The number of carbonyl (C=O) groups is 1. The molecule has 3 atom stereocenters. The van der Waals surface area contributed by atoms with Crippen molar-refractivity contribution < 1.29 is 14.6 Å². The van der Waals surface area contributed by atoms with Gasteiger partial charge in [0.15, 0.2) is 0 Å². The highest BCUT2D eigenvalue weighted by Crippen LogP contribution is 2.18. The van der Waals surface area contributed by atoms with Crippen LogP contribution < -0.4 is 10.6 Å². The maximum atomic E-state index is 11.9. The van der Waals surface area contributed by atoms with Gasteiger partial charge in [-0.05, 0) is 24.1 Å². The van der Waals surface area contributed by atoms with Gasteiger partial charge in [-0.25, -0.2) is 0 Å². The summed E-state index contributed by atoms with van der Waals surface area (Å²) in [6.45, 7) is 0.841. The summed E-state index contributed by atoms with van der Waals surface area (Å²) < 4.78 is 5.38. The Morgan fingerprint density at radius 3 is 2.80 bits per heavy atom. The average molecular weight is 299 g/mol. The molecule has 3 N–H and O–H groups in total. The van der Waals surface area contributed by atoms with Crippen LogP contribution in [-0.2, 0) is 9.53 Å². The van der Waals surface area contributed by atoms with Crippen molar-refractivity contribution in [1.82, 2.24) is 10.6 Å². The van der Waals surface area contributed by atoms with Crippen LogP contribution in [0.25, 0.3) is 0 Å². The highest BCUT2D eigenvalue weighted by molar-refractivity contribution is 6.30. The highest BCUT2D eigenvalue weighted by atomic mass is 35.5. The molecule has 2 rings (SSSR count). The number of amides is 1. The molecule has 0 aliphatic carbocycles. The zero-order valence-electron chi connectivity index (χ0n) is 11.3. The Balaban J connectivity index is 1.87. The van der Waals surface area contributed by atoms with E-state index in [0.29, 0.717) is 24.5 Å². The minimum absolute atomic E-state index is 0.113. The van der Waals surface area contributed by atoms with Crippen LogP contribution in [0.2, 0.25) is 5.02 Å². The largest absolute Gasteiger partial charge is 0.392 e. The number of ether oxygens (including phenoxy) is 1. The summed E-state index contributed by atoms with van der Waals surface area (Å²) in [6.07, 6.45) is -0.215. The number of carbonyl (C=O) groups excluding carboxylic acids is 1. The monoisotopic (exact) mass is 298 g/mol. The van der Waals surface area contributed by atoms with E-state index in [1.807, 2.05) is 12.1 Å². The lowest BCUT2D eigenvalue weighted by Crippen LogP contribution is -2.42. The van der Waals surface area contributed by atoms with Crippen molar-refractivity contribution in [3.8, 4) is 0 Å². The second-order valence-electron chi connectivity index (χ2n) is 4.87. The molecule has 1 saturated heterocycles. The number of nitrogens with one attached hydrogen (secondary N) is 2. The third-order valence-electron chi connectivity index (χ3n) is 3.41. The predicted octanol–water partition coefficient (Wildman–Crippen LogP) is 0.866. The van der Waals surface area contributed by atoms with Crippen LogP contribution in [0.3, 0.4) is 0 Å². The van der Waals surface area contributed by atoms with Gasteiger partial charge in [-0.2, -0.15) is 0 Å². The molecule has 1 aromatic carbocycles. The molecule has 0 spiro atoms. The van der Waals surface area contributed by atoms with Crippen LogP contribution >= 0.6 is 11.6 Å². The van der Waals surface area contributed by atoms with E-state index < -0.39 is 6.10 Å². The van der Waals surface area contributed by atoms with E-state index in [1.54, 1.807) is 19.2 Å². The molecule has 5 nitrogen and oxygen atoms in total. The van der Waals surface area contributed by atoms with E-state index in [9.17, 15) is 9.90 Å². The van der Waals surface area contributed by atoms with Crippen molar-refractivity contribution in [3.05, 3.63) is 34.9 Å². The fourth-order valence-corrected chi connectivity index (χ4v) is 2.37. The normalized spacial score (nSPS) is 23.6. The number of halogens is 1. The van der Waals surface area contributed by atoms with Gasteiger partial charge in [0.25, 0.3) is 0 Å². The van der Waals surface area contributed by atoms with E-state index in [0.717, 1.165) is 5.56 Å². The number of aliphatic hydroxyl groups excluding tert-OH is 1. The molecule has 0 bridgehead atoms. The van der Waals surface area contributed by atoms with Gasteiger partial charge in [-0.3, -0.25) is 4.79 Å². The topological polar surface area (TPSA) is 70.6 Å². The first-order valence-corrected chi connectivity index (χ1v) is 6.95. The van der Waals surface area contributed by atoms with Crippen LogP contribution in [0, 0.1) is 0 Å².